The summed E-state index contributed by atoms with van der Waals surface area (Å²) in [4.78, 5) is 1.48. The Bertz CT molecular complexity index is 335. The zero-order valence-corrected chi connectivity index (χ0v) is 11.8. The van der Waals surface area contributed by atoms with Gasteiger partial charge in [-0.1, -0.05) is 13.3 Å². The zero-order chi connectivity index (χ0) is 12.1. The second-order valence-electron chi connectivity index (χ2n) is 5.11. The Morgan fingerprint density at radius 3 is 3.12 bits per heavy atom. The third-order valence-electron chi connectivity index (χ3n) is 3.83. The number of piperidine rings is 1. The van der Waals surface area contributed by atoms with Crippen molar-refractivity contribution in [3.8, 4) is 0 Å². The Balaban J connectivity index is 1.70. The highest BCUT2D eigenvalue weighted by molar-refractivity contribution is 7.10. The zero-order valence-electron chi connectivity index (χ0n) is 11.0. The van der Waals surface area contributed by atoms with Gasteiger partial charge in [0, 0.05) is 24.0 Å². The summed E-state index contributed by atoms with van der Waals surface area (Å²) < 4.78 is 0. The molecule has 0 spiro atoms. The van der Waals surface area contributed by atoms with Crippen LogP contribution in [0.5, 0.6) is 0 Å². The van der Waals surface area contributed by atoms with E-state index in [1.54, 1.807) is 0 Å². The van der Waals surface area contributed by atoms with Gasteiger partial charge in [-0.05, 0) is 49.2 Å². The third-order valence-corrected chi connectivity index (χ3v) is 4.85. The van der Waals surface area contributed by atoms with Crippen molar-refractivity contribution in [2.75, 3.05) is 13.1 Å². The lowest BCUT2D eigenvalue weighted by atomic mass is 9.90. The lowest BCUT2D eigenvalue weighted by Gasteiger charge is -2.30. The fourth-order valence-corrected chi connectivity index (χ4v) is 3.44. The first-order chi connectivity index (χ1) is 8.29. The summed E-state index contributed by atoms with van der Waals surface area (Å²) in [6, 6.07) is 2.88. The van der Waals surface area contributed by atoms with E-state index >= 15 is 0 Å². The fourth-order valence-electron chi connectivity index (χ4n) is 2.57. The molecule has 2 heterocycles. The van der Waals surface area contributed by atoms with E-state index in [9.17, 15) is 0 Å². The van der Waals surface area contributed by atoms with Gasteiger partial charge in [-0.15, -0.1) is 11.3 Å². The Labute approximate surface area is 109 Å². The van der Waals surface area contributed by atoms with Crippen LogP contribution in [0, 0.1) is 12.8 Å². The van der Waals surface area contributed by atoms with Gasteiger partial charge < -0.3 is 10.6 Å². The molecule has 1 fully saturated rings. The van der Waals surface area contributed by atoms with E-state index in [0.717, 1.165) is 19.0 Å². The summed E-state index contributed by atoms with van der Waals surface area (Å²) in [7, 11) is 0. The van der Waals surface area contributed by atoms with Crippen LogP contribution in [0.4, 0.5) is 0 Å². The molecule has 2 atom stereocenters. The molecule has 1 saturated heterocycles. The van der Waals surface area contributed by atoms with Crippen LogP contribution >= 0.6 is 11.3 Å². The first kappa shape index (κ1) is 13.1. The largest absolute Gasteiger partial charge is 0.313 e. The Hall–Kier alpha value is -0.380. The van der Waals surface area contributed by atoms with Crippen LogP contribution in [0.1, 0.15) is 36.6 Å². The maximum absolute atomic E-state index is 3.62. The van der Waals surface area contributed by atoms with Crippen LogP contribution in [-0.2, 0) is 6.54 Å². The van der Waals surface area contributed by atoms with Gasteiger partial charge in [0.15, 0.2) is 0 Å². The van der Waals surface area contributed by atoms with Crippen molar-refractivity contribution in [3.05, 3.63) is 21.9 Å². The summed E-state index contributed by atoms with van der Waals surface area (Å²) in [5.41, 5.74) is 1.42. The number of aryl methyl sites for hydroxylation is 1. The molecule has 0 amide bonds. The smallest absolute Gasteiger partial charge is 0.0303 e. The van der Waals surface area contributed by atoms with E-state index in [4.69, 9.17) is 0 Å². The molecule has 0 saturated carbocycles. The van der Waals surface area contributed by atoms with Crippen LogP contribution in [0.2, 0.25) is 0 Å². The van der Waals surface area contributed by atoms with Gasteiger partial charge in [0.2, 0.25) is 0 Å². The summed E-state index contributed by atoms with van der Waals surface area (Å²) in [6.07, 6.45) is 4.03. The molecule has 1 aliphatic rings. The Morgan fingerprint density at radius 1 is 1.53 bits per heavy atom. The summed E-state index contributed by atoms with van der Waals surface area (Å²) >= 11 is 1.86. The van der Waals surface area contributed by atoms with Crippen LogP contribution in [-0.4, -0.2) is 19.1 Å². The van der Waals surface area contributed by atoms with E-state index in [-0.39, 0.29) is 0 Å². The monoisotopic (exact) mass is 252 g/mol. The van der Waals surface area contributed by atoms with Gasteiger partial charge in [-0.3, -0.25) is 0 Å². The van der Waals surface area contributed by atoms with Gasteiger partial charge in [0.25, 0.3) is 0 Å². The molecule has 0 bridgehead atoms. The van der Waals surface area contributed by atoms with E-state index in [2.05, 4.69) is 35.9 Å². The van der Waals surface area contributed by atoms with Gasteiger partial charge in [-0.25, -0.2) is 0 Å². The Kier molecular flexibility index (Phi) is 5.01. The van der Waals surface area contributed by atoms with Crippen molar-refractivity contribution >= 4 is 11.3 Å². The van der Waals surface area contributed by atoms with E-state index in [1.807, 2.05) is 11.3 Å². The van der Waals surface area contributed by atoms with Crippen molar-refractivity contribution in [3.63, 3.8) is 0 Å². The molecule has 1 aliphatic heterocycles. The van der Waals surface area contributed by atoms with Crippen LogP contribution < -0.4 is 10.6 Å². The number of rotatable bonds is 5. The third kappa shape index (κ3) is 3.80. The predicted molar refractivity (Wildman–Crippen MR) is 75.6 cm³/mol. The molecule has 96 valence electrons. The first-order valence-corrected chi connectivity index (χ1v) is 7.64. The average molecular weight is 252 g/mol. The van der Waals surface area contributed by atoms with Gasteiger partial charge >= 0.3 is 0 Å². The molecule has 0 aliphatic carbocycles. The average Bonchev–Trinajstić information content (AvgIpc) is 2.76. The molecular formula is C14H24N2S. The quantitative estimate of drug-likeness (QED) is 0.842. The Morgan fingerprint density at radius 2 is 2.41 bits per heavy atom. The molecule has 1 aromatic heterocycles. The molecule has 2 N–H and O–H groups in total. The minimum absolute atomic E-state index is 0.675. The molecule has 3 heteroatoms. The molecule has 0 radical (unpaired) electrons. The van der Waals surface area contributed by atoms with Crippen LogP contribution in [0.15, 0.2) is 11.4 Å². The number of thiophene rings is 1. The molecular weight excluding hydrogens is 228 g/mol. The summed E-state index contributed by atoms with van der Waals surface area (Å²) in [6.45, 7) is 7.84. The highest BCUT2D eigenvalue weighted by atomic mass is 32.1. The van der Waals surface area contributed by atoms with Crippen molar-refractivity contribution in [2.45, 2.75) is 45.7 Å². The molecule has 2 nitrogen and oxygen atoms in total. The number of hydrogen-bond donors (Lipinski definition) is 2. The summed E-state index contributed by atoms with van der Waals surface area (Å²) in [5, 5.41) is 9.39. The summed E-state index contributed by atoms with van der Waals surface area (Å²) in [5.74, 6) is 0.937. The number of nitrogens with one attached hydrogen (secondary N) is 2. The van der Waals surface area contributed by atoms with E-state index in [1.165, 1.54) is 36.2 Å². The molecule has 0 aromatic carbocycles. The second-order valence-corrected chi connectivity index (χ2v) is 6.11. The maximum Gasteiger partial charge on any atom is 0.0303 e. The highest BCUT2D eigenvalue weighted by Crippen LogP contribution is 2.19. The van der Waals surface area contributed by atoms with E-state index < -0.39 is 0 Å². The van der Waals surface area contributed by atoms with E-state index in [0.29, 0.717) is 6.04 Å². The van der Waals surface area contributed by atoms with Gasteiger partial charge in [0.1, 0.15) is 0 Å². The second kappa shape index (κ2) is 6.53. The standard InChI is InChI=1S/C14H24N2S/c1-3-12-4-6-16-13(8-12)9-15-10-14-11(2)5-7-17-14/h5,7,12-13,15-16H,3-4,6,8-10H2,1-2H3. The lowest BCUT2D eigenvalue weighted by Crippen LogP contribution is -2.44. The minimum Gasteiger partial charge on any atom is -0.313 e. The van der Waals surface area contributed by atoms with Crippen LogP contribution in [0.3, 0.4) is 0 Å². The topological polar surface area (TPSA) is 24.1 Å². The predicted octanol–water partition coefficient (Wildman–Crippen LogP) is 2.92. The van der Waals surface area contributed by atoms with Gasteiger partial charge in [0.05, 0.1) is 0 Å². The van der Waals surface area contributed by atoms with Crippen molar-refractivity contribution < 1.29 is 0 Å². The molecule has 2 unspecified atom stereocenters. The van der Waals surface area contributed by atoms with Crippen LogP contribution in [0.25, 0.3) is 0 Å². The molecule has 17 heavy (non-hydrogen) atoms. The highest BCUT2D eigenvalue weighted by Gasteiger charge is 2.19. The minimum atomic E-state index is 0.675. The lowest BCUT2D eigenvalue weighted by molar-refractivity contribution is 0.288. The van der Waals surface area contributed by atoms with Gasteiger partial charge in [-0.2, -0.15) is 0 Å². The first-order valence-electron chi connectivity index (χ1n) is 6.76. The van der Waals surface area contributed by atoms with Crippen molar-refractivity contribution in [1.29, 1.82) is 0 Å². The molecule has 2 rings (SSSR count). The maximum atomic E-state index is 3.62. The van der Waals surface area contributed by atoms with Crippen molar-refractivity contribution in [2.24, 2.45) is 5.92 Å². The normalized spacial score (nSPS) is 25.1. The number of hydrogen-bond acceptors (Lipinski definition) is 3. The van der Waals surface area contributed by atoms with Crippen molar-refractivity contribution in [1.82, 2.24) is 10.6 Å². The fraction of sp³-hybridized carbons (Fsp3) is 0.714. The molecule has 1 aromatic rings. The SMILES string of the molecule is CCC1CCNC(CNCc2sccc2C)C1.